The van der Waals surface area contributed by atoms with Gasteiger partial charge in [0.2, 0.25) is 6.10 Å². The average Bonchev–Trinajstić information content (AvgIpc) is 2.57. The lowest BCUT2D eigenvalue weighted by Crippen LogP contribution is -2.32. The van der Waals surface area contributed by atoms with Crippen LogP contribution in [0, 0.1) is 6.92 Å². The molecule has 1 heterocycles. The molecule has 8 nitrogen and oxygen atoms in total. The van der Waals surface area contributed by atoms with E-state index in [4.69, 9.17) is 14.3 Å². The molecule has 0 aliphatic carbocycles. The summed E-state index contributed by atoms with van der Waals surface area (Å²) in [5, 5.41) is 0.204. The minimum absolute atomic E-state index is 0.0430. The summed E-state index contributed by atoms with van der Waals surface area (Å²) in [6.07, 6.45) is -1.56. The summed E-state index contributed by atoms with van der Waals surface area (Å²) >= 11 is 0. The lowest BCUT2D eigenvalue weighted by molar-refractivity contribution is -0.167. The van der Waals surface area contributed by atoms with Crippen LogP contribution in [-0.4, -0.2) is 29.2 Å². The molecule has 1 atom stereocenters. The molecule has 0 bridgehead atoms. The van der Waals surface area contributed by atoms with Gasteiger partial charge in [-0.15, -0.1) is 0 Å². The van der Waals surface area contributed by atoms with Crippen LogP contribution < -0.4 is 10.3 Å². The molecule has 2 rings (SSSR count). The molecule has 1 aromatic heterocycles. The number of fused-ring (bicyclic) bond motifs is 1. The van der Waals surface area contributed by atoms with E-state index in [1.54, 1.807) is 25.1 Å². The molecule has 0 spiro atoms. The summed E-state index contributed by atoms with van der Waals surface area (Å²) in [4.78, 5) is 53.4. The minimum Gasteiger partial charge on any atom is -0.463 e. The van der Waals surface area contributed by atoms with E-state index in [2.05, 4.69) is 0 Å². The van der Waals surface area contributed by atoms with Gasteiger partial charge < -0.3 is 14.3 Å². The fourth-order valence-corrected chi connectivity index (χ4v) is 2.61. The number of pyridine rings is 1. The topological polar surface area (TPSA) is 101 Å². The highest BCUT2D eigenvalue weighted by Gasteiger charge is 2.32. The van der Waals surface area contributed by atoms with Crippen molar-refractivity contribution in [1.29, 1.82) is 0 Å². The van der Waals surface area contributed by atoms with E-state index in [-0.39, 0.29) is 23.3 Å². The number of hydrogen-bond donors (Lipinski definition) is 0. The third kappa shape index (κ3) is 3.74. The summed E-state index contributed by atoms with van der Waals surface area (Å²) in [6, 6.07) is 6.43. The van der Waals surface area contributed by atoms with Crippen molar-refractivity contribution in [3.8, 4) is 0 Å². The van der Waals surface area contributed by atoms with E-state index in [0.29, 0.717) is 5.52 Å². The van der Waals surface area contributed by atoms with E-state index in [9.17, 15) is 19.2 Å². The normalized spacial score (nSPS) is 11.7. The Bertz CT molecular complexity index is 929. The molecular formula is C18H19NO7. The van der Waals surface area contributed by atoms with Gasteiger partial charge in [-0.2, -0.15) is 4.73 Å². The van der Waals surface area contributed by atoms with E-state index < -0.39 is 29.4 Å². The summed E-state index contributed by atoms with van der Waals surface area (Å²) in [5.41, 5.74) is -0.137. The summed E-state index contributed by atoms with van der Waals surface area (Å²) in [6.45, 7) is 5.45. The molecule has 26 heavy (non-hydrogen) atoms. The predicted octanol–water partition coefficient (Wildman–Crippen LogP) is 1.45. The van der Waals surface area contributed by atoms with Crippen LogP contribution in [-0.2, 0) is 23.9 Å². The first-order valence-corrected chi connectivity index (χ1v) is 7.94. The molecule has 8 heteroatoms. The Balaban J connectivity index is 2.82. The van der Waals surface area contributed by atoms with Gasteiger partial charge in [0.05, 0.1) is 23.4 Å². The van der Waals surface area contributed by atoms with Crippen LogP contribution in [0.15, 0.2) is 29.1 Å². The number of aromatic nitrogens is 1. The molecule has 0 fully saturated rings. The van der Waals surface area contributed by atoms with Crippen LogP contribution in [0.4, 0.5) is 0 Å². The summed E-state index contributed by atoms with van der Waals surface area (Å²) in [5.74, 6) is -2.25. The van der Waals surface area contributed by atoms with E-state index >= 15 is 0 Å². The van der Waals surface area contributed by atoms with E-state index in [0.717, 1.165) is 11.7 Å². The van der Waals surface area contributed by atoms with Crippen LogP contribution in [0.25, 0.3) is 10.9 Å². The molecule has 138 valence electrons. The number of nitrogens with zero attached hydrogens (tertiary/aromatic N) is 1. The Morgan fingerprint density at radius 1 is 1.12 bits per heavy atom. The Morgan fingerprint density at radius 3 is 2.35 bits per heavy atom. The van der Waals surface area contributed by atoms with Crippen LogP contribution in [0.5, 0.6) is 0 Å². The van der Waals surface area contributed by atoms with Gasteiger partial charge in [0.15, 0.2) is 5.43 Å². The second kappa shape index (κ2) is 7.81. The smallest absolute Gasteiger partial charge is 0.352 e. The number of carbonyl (C=O) groups is 3. The van der Waals surface area contributed by atoms with Gasteiger partial charge in [-0.3, -0.25) is 9.59 Å². The third-order valence-electron chi connectivity index (χ3n) is 3.57. The first-order chi connectivity index (χ1) is 12.3. The highest BCUT2D eigenvalue weighted by atomic mass is 16.7. The lowest BCUT2D eigenvalue weighted by Gasteiger charge is -2.21. The minimum atomic E-state index is -1.56. The second-order valence-corrected chi connectivity index (χ2v) is 5.46. The number of carbonyl (C=O) groups excluding carboxylic acids is 3. The first-order valence-electron chi connectivity index (χ1n) is 7.94. The maximum absolute atomic E-state index is 13.0. The molecule has 1 unspecified atom stereocenters. The number of ether oxygens (including phenoxy) is 2. The van der Waals surface area contributed by atoms with Gasteiger partial charge in [-0.05, 0) is 26.0 Å². The molecule has 0 aliphatic rings. The van der Waals surface area contributed by atoms with Gasteiger partial charge in [0.25, 0.3) is 0 Å². The maximum Gasteiger partial charge on any atom is 0.352 e. The molecule has 1 aromatic carbocycles. The zero-order valence-electron chi connectivity index (χ0n) is 14.9. The second-order valence-electron chi connectivity index (χ2n) is 5.46. The number of benzene rings is 1. The number of rotatable bonds is 5. The van der Waals surface area contributed by atoms with Crippen molar-refractivity contribution in [1.82, 2.24) is 4.73 Å². The van der Waals surface area contributed by atoms with Crippen LogP contribution in [0.1, 0.15) is 38.1 Å². The van der Waals surface area contributed by atoms with Gasteiger partial charge in [0, 0.05) is 19.2 Å². The van der Waals surface area contributed by atoms with E-state index in [1.807, 2.05) is 0 Å². The largest absolute Gasteiger partial charge is 0.463 e. The molecule has 0 N–H and O–H groups in total. The van der Waals surface area contributed by atoms with Gasteiger partial charge in [0.1, 0.15) is 0 Å². The number of hydrogen-bond acceptors (Lipinski definition) is 7. The molecular weight excluding hydrogens is 342 g/mol. The Kier molecular flexibility index (Phi) is 5.76. The van der Waals surface area contributed by atoms with Crippen LogP contribution >= 0.6 is 0 Å². The Morgan fingerprint density at radius 2 is 1.77 bits per heavy atom. The molecule has 2 aromatic rings. The number of para-hydroxylation sites is 1. The fraction of sp³-hybridized carbons (Fsp3) is 0.333. The zero-order valence-corrected chi connectivity index (χ0v) is 14.9. The Hall–Kier alpha value is -3.16. The standard InChI is InChI=1S/C18H19NO7/c1-5-24-18(23)17(25-11(3)20)15-10(2)19(26-12(4)21)14-9-7-6-8-13(14)16(15)22/h6-9,17H,5H2,1-4H3. The zero-order chi connectivity index (χ0) is 19.4. The molecule has 0 saturated heterocycles. The van der Waals surface area contributed by atoms with Crippen LogP contribution in [0.2, 0.25) is 0 Å². The van der Waals surface area contributed by atoms with Gasteiger partial charge in [-0.1, -0.05) is 12.1 Å². The first kappa shape index (κ1) is 19.2. The van der Waals surface area contributed by atoms with Crippen molar-refractivity contribution in [2.75, 3.05) is 6.61 Å². The summed E-state index contributed by atoms with van der Waals surface area (Å²) in [7, 11) is 0. The van der Waals surface area contributed by atoms with Gasteiger partial charge in [-0.25, -0.2) is 9.59 Å². The van der Waals surface area contributed by atoms with E-state index in [1.165, 1.54) is 19.9 Å². The average molecular weight is 361 g/mol. The molecule has 0 aliphatic heterocycles. The van der Waals surface area contributed by atoms with Gasteiger partial charge >= 0.3 is 17.9 Å². The van der Waals surface area contributed by atoms with Crippen LogP contribution in [0.3, 0.4) is 0 Å². The predicted molar refractivity (Wildman–Crippen MR) is 91.3 cm³/mol. The molecule has 0 amide bonds. The van der Waals surface area contributed by atoms with Crippen molar-refractivity contribution in [3.05, 3.63) is 45.7 Å². The quantitative estimate of drug-likeness (QED) is 0.743. The maximum atomic E-state index is 13.0. The van der Waals surface area contributed by atoms with Crippen molar-refractivity contribution in [2.45, 2.75) is 33.8 Å². The van der Waals surface area contributed by atoms with Crippen molar-refractivity contribution >= 4 is 28.8 Å². The highest BCUT2D eigenvalue weighted by molar-refractivity contribution is 5.85. The monoisotopic (exact) mass is 361 g/mol. The van der Waals surface area contributed by atoms with Crippen molar-refractivity contribution in [2.24, 2.45) is 0 Å². The lowest BCUT2D eigenvalue weighted by atomic mass is 10.0. The van der Waals surface area contributed by atoms with Crippen molar-refractivity contribution in [3.63, 3.8) is 0 Å². The SMILES string of the molecule is CCOC(=O)C(OC(C)=O)c1c(C)n(OC(C)=O)c2ccccc2c1=O. The number of esters is 2. The third-order valence-corrected chi connectivity index (χ3v) is 3.57. The Labute approximate surface area is 149 Å². The fourth-order valence-electron chi connectivity index (χ4n) is 2.61. The molecule has 0 saturated carbocycles. The summed E-state index contributed by atoms with van der Waals surface area (Å²) < 4.78 is 11.1. The highest BCUT2D eigenvalue weighted by Crippen LogP contribution is 2.24. The molecule has 0 radical (unpaired) electrons. The van der Waals surface area contributed by atoms with Crippen molar-refractivity contribution < 1.29 is 28.7 Å².